The molecule has 1 saturated heterocycles. The molecular weight excluding hydrogens is 374 g/mol. The van der Waals surface area contributed by atoms with Crippen LogP contribution in [0.4, 0.5) is 0 Å². The molecule has 1 N–H and O–H groups in total. The van der Waals surface area contributed by atoms with Crippen LogP contribution in [0.15, 0.2) is 47.6 Å². The van der Waals surface area contributed by atoms with E-state index in [2.05, 4.69) is 10.3 Å². The van der Waals surface area contributed by atoms with Crippen molar-refractivity contribution in [1.82, 2.24) is 14.6 Å². The fraction of sp³-hybridized carbons (Fsp3) is 0.333. The van der Waals surface area contributed by atoms with Crippen LogP contribution in [-0.2, 0) is 10.0 Å². The number of pyridine rings is 1. The van der Waals surface area contributed by atoms with Crippen LogP contribution in [0.5, 0.6) is 0 Å². The monoisotopic (exact) mass is 393 g/mol. The summed E-state index contributed by atoms with van der Waals surface area (Å²) < 4.78 is 27.2. The molecule has 6 nitrogen and oxygen atoms in total. The zero-order chi connectivity index (χ0) is 18.7. The first kappa shape index (κ1) is 18.8. The molecule has 138 valence electrons. The second-order valence-corrected chi connectivity index (χ2v) is 8.65. The Morgan fingerprint density at radius 3 is 2.65 bits per heavy atom. The van der Waals surface area contributed by atoms with Gasteiger partial charge in [0, 0.05) is 36.5 Å². The zero-order valence-electron chi connectivity index (χ0n) is 14.4. The summed E-state index contributed by atoms with van der Waals surface area (Å²) in [7, 11) is -3.59. The average Bonchev–Trinajstić information content (AvgIpc) is 2.65. The van der Waals surface area contributed by atoms with Gasteiger partial charge in [-0.2, -0.15) is 4.31 Å². The van der Waals surface area contributed by atoms with Crippen molar-refractivity contribution in [3.63, 3.8) is 0 Å². The van der Waals surface area contributed by atoms with Crippen molar-refractivity contribution < 1.29 is 13.2 Å². The number of sulfonamides is 1. The van der Waals surface area contributed by atoms with Gasteiger partial charge in [-0.25, -0.2) is 8.42 Å². The van der Waals surface area contributed by atoms with E-state index in [1.54, 1.807) is 37.4 Å². The predicted octanol–water partition coefficient (Wildman–Crippen LogP) is 2.63. The van der Waals surface area contributed by atoms with Crippen molar-refractivity contribution >= 4 is 27.5 Å². The summed E-state index contributed by atoms with van der Waals surface area (Å²) in [6, 6.07) is 8.21. The van der Waals surface area contributed by atoms with Gasteiger partial charge >= 0.3 is 0 Å². The molecular formula is C18H20ClN3O3S. The molecule has 1 aliphatic heterocycles. The summed E-state index contributed by atoms with van der Waals surface area (Å²) in [5.41, 5.74) is 1.17. The van der Waals surface area contributed by atoms with Gasteiger partial charge in [-0.1, -0.05) is 17.7 Å². The minimum Gasteiger partial charge on any atom is -0.349 e. The maximum Gasteiger partial charge on any atom is 0.253 e. The number of carbonyl (C=O) groups excluding carboxylic acids is 1. The van der Waals surface area contributed by atoms with E-state index in [4.69, 9.17) is 11.6 Å². The van der Waals surface area contributed by atoms with Crippen LogP contribution in [0.3, 0.4) is 0 Å². The van der Waals surface area contributed by atoms with Crippen LogP contribution in [0.2, 0.25) is 5.02 Å². The fourth-order valence-electron chi connectivity index (χ4n) is 3.00. The Morgan fingerprint density at radius 1 is 1.27 bits per heavy atom. The van der Waals surface area contributed by atoms with Gasteiger partial charge in [0.1, 0.15) is 0 Å². The number of benzene rings is 1. The lowest BCUT2D eigenvalue weighted by atomic mass is 10.1. The molecule has 0 spiro atoms. The molecule has 0 radical (unpaired) electrons. The normalized spacial score (nSPS) is 16.4. The van der Waals surface area contributed by atoms with E-state index in [1.165, 1.54) is 16.6 Å². The van der Waals surface area contributed by atoms with Crippen molar-refractivity contribution in [3.8, 4) is 0 Å². The summed E-state index contributed by atoms with van der Waals surface area (Å²) in [6.45, 7) is 2.46. The van der Waals surface area contributed by atoms with Crippen molar-refractivity contribution in [3.05, 3.63) is 58.9 Å². The number of carbonyl (C=O) groups is 1. The molecule has 1 fully saturated rings. The summed E-state index contributed by atoms with van der Waals surface area (Å²) in [5, 5.41) is 3.34. The highest BCUT2D eigenvalue weighted by molar-refractivity contribution is 7.89. The van der Waals surface area contributed by atoms with Gasteiger partial charge in [0.2, 0.25) is 10.0 Å². The number of nitrogens with one attached hydrogen (secondary N) is 1. The third-order valence-corrected chi connectivity index (χ3v) is 6.76. The van der Waals surface area contributed by atoms with Crippen LogP contribution in [0.1, 0.15) is 28.8 Å². The minimum atomic E-state index is -3.59. The van der Waals surface area contributed by atoms with Gasteiger partial charge in [-0.05, 0) is 49.6 Å². The molecule has 26 heavy (non-hydrogen) atoms. The standard InChI is InChI=1S/C18H20ClN3O3S/c1-13-4-5-15(19)11-17(13)26(24,25)22-9-6-16(7-10-22)21-18(23)14-3-2-8-20-12-14/h2-5,8,11-12,16H,6-7,9-10H2,1H3,(H,21,23). The molecule has 0 unspecified atom stereocenters. The number of hydrogen-bond donors (Lipinski definition) is 1. The van der Waals surface area contributed by atoms with Crippen LogP contribution < -0.4 is 5.32 Å². The number of halogens is 1. The summed E-state index contributed by atoms with van der Waals surface area (Å²) in [6.07, 6.45) is 4.24. The quantitative estimate of drug-likeness (QED) is 0.865. The van der Waals surface area contributed by atoms with Gasteiger partial charge in [0.05, 0.1) is 10.5 Å². The zero-order valence-corrected chi connectivity index (χ0v) is 15.9. The number of nitrogens with zero attached hydrogens (tertiary/aromatic N) is 2. The molecule has 3 rings (SSSR count). The SMILES string of the molecule is Cc1ccc(Cl)cc1S(=O)(=O)N1CCC(NC(=O)c2cccnc2)CC1. The van der Waals surface area contributed by atoms with Gasteiger partial charge in [0.15, 0.2) is 0 Å². The predicted molar refractivity (Wildman–Crippen MR) is 99.7 cm³/mol. The van der Waals surface area contributed by atoms with Crippen molar-refractivity contribution in [2.24, 2.45) is 0 Å². The summed E-state index contributed by atoms with van der Waals surface area (Å²) in [4.78, 5) is 16.4. The van der Waals surface area contributed by atoms with E-state index >= 15 is 0 Å². The first-order valence-electron chi connectivity index (χ1n) is 8.35. The molecule has 8 heteroatoms. The number of rotatable bonds is 4. The Balaban J connectivity index is 1.65. The Morgan fingerprint density at radius 2 is 2.00 bits per heavy atom. The molecule has 0 bridgehead atoms. The van der Waals surface area contributed by atoms with E-state index in [1.807, 2.05) is 0 Å². The molecule has 2 heterocycles. The largest absolute Gasteiger partial charge is 0.349 e. The Bertz CT molecular complexity index is 895. The van der Waals surface area contributed by atoms with Crippen LogP contribution >= 0.6 is 11.6 Å². The van der Waals surface area contributed by atoms with Gasteiger partial charge in [-0.3, -0.25) is 9.78 Å². The number of amides is 1. The first-order valence-corrected chi connectivity index (χ1v) is 10.2. The average molecular weight is 394 g/mol. The van der Waals surface area contributed by atoms with Crippen molar-refractivity contribution in [1.29, 1.82) is 0 Å². The van der Waals surface area contributed by atoms with Crippen LogP contribution in [0.25, 0.3) is 0 Å². The molecule has 1 aromatic heterocycles. The Hall–Kier alpha value is -1.96. The third-order valence-electron chi connectivity index (χ3n) is 4.48. The van der Waals surface area contributed by atoms with Crippen LogP contribution in [0, 0.1) is 6.92 Å². The van der Waals surface area contributed by atoms with E-state index in [9.17, 15) is 13.2 Å². The third kappa shape index (κ3) is 4.06. The van der Waals surface area contributed by atoms with E-state index < -0.39 is 10.0 Å². The molecule has 1 aliphatic rings. The highest BCUT2D eigenvalue weighted by atomic mass is 35.5. The molecule has 1 amide bonds. The minimum absolute atomic E-state index is 0.0605. The van der Waals surface area contributed by atoms with Gasteiger partial charge < -0.3 is 5.32 Å². The second kappa shape index (κ2) is 7.73. The van der Waals surface area contributed by atoms with E-state index in [0.717, 1.165) is 0 Å². The van der Waals surface area contributed by atoms with Gasteiger partial charge in [-0.15, -0.1) is 0 Å². The number of aryl methyl sites for hydroxylation is 1. The van der Waals surface area contributed by atoms with E-state index in [0.29, 0.717) is 42.1 Å². The Labute approximate surface area is 158 Å². The van der Waals surface area contributed by atoms with Crippen molar-refractivity contribution in [2.75, 3.05) is 13.1 Å². The number of hydrogen-bond acceptors (Lipinski definition) is 4. The van der Waals surface area contributed by atoms with Gasteiger partial charge in [0.25, 0.3) is 5.91 Å². The van der Waals surface area contributed by atoms with E-state index in [-0.39, 0.29) is 16.8 Å². The smallest absolute Gasteiger partial charge is 0.253 e. The highest BCUT2D eigenvalue weighted by Crippen LogP contribution is 2.26. The molecule has 2 aromatic rings. The molecule has 0 aliphatic carbocycles. The number of piperidine rings is 1. The lowest BCUT2D eigenvalue weighted by molar-refractivity contribution is 0.0923. The fourth-order valence-corrected chi connectivity index (χ4v) is 4.95. The maximum atomic E-state index is 12.9. The molecule has 1 aromatic carbocycles. The lowest BCUT2D eigenvalue weighted by Gasteiger charge is -2.32. The Kier molecular flexibility index (Phi) is 5.60. The molecule has 0 atom stereocenters. The molecule has 0 saturated carbocycles. The van der Waals surface area contributed by atoms with Crippen molar-refractivity contribution in [2.45, 2.75) is 30.7 Å². The topological polar surface area (TPSA) is 79.4 Å². The summed E-state index contributed by atoms with van der Waals surface area (Å²) >= 11 is 5.96. The lowest BCUT2D eigenvalue weighted by Crippen LogP contribution is -2.46. The first-order chi connectivity index (χ1) is 12.4. The second-order valence-electron chi connectivity index (χ2n) is 6.30. The number of aromatic nitrogens is 1. The highest BCUT2D eigenvalue weighted by Gasteiger charge is 2.31. The maximum absolute atomic E-state index is 12.9. The summed E-state index contributed by atoms with van der Waals surface area (Å²) in [5.74, 6) is -0.190. The van der Waals surface area contributed by atoms with Crippen LogP contribution in [-0.4, -0.2) is 42.7 Å².